The summed E-state index contributed by atoms with van der Waals surface area (Å²) in [5.41, 5.74) is 1.45. The number of thioether (sulfide) groups is 1. The molecule has 0 atom stereocenters. The van der Waals surface area contributed by atoms with Crippen LogP contribution in [0.3, 0.4) is 0 Å². The molecule has 0 unspecified atom stereocenters. The molecule has 3 aromatic rings. The van der Waals surface area contributed by atoms with Gasteiger partial charge >= 0.3 is 5.97 Å². The highest BCUT2D eigenvalue weighted by Gasteiger charge is 2.30. The van der Waals surface area contributed by atoms with Crippen molar-refractivity contribution in [1.82, 2.24) is 15.0 Å². The third-order valence-corrected chi connectivity index (χ3v) is 6.19. The monoisotopic (exact) mass is 415 g/mol. The lowest BCUT2D eigenvalue weighted by molar-refractivity contribution is 0.0526. The van der Waals surface area contributed by atoms with E-state index in [1.807, 2.05) is 30.8 Å². The van der Waals surface area contributed by atoms with Crippen molar-refractivity contribution in [2.45, 2.75) is 36.7 Å². The minimum absolute atomic E-state index is 0.298. The van der Waals surface area contributed by atoms with Crippen molar-refractivity contribution < 1.29 is 9.53 Å². The number of carbonyl (C=O) groups excluding carboxylic acids is 1. The van der Waals surface area contributed by atoms with Crippen molar-refractivity contribution in [2.75, 3.05) is 23.5 Å². The van der Waals surface area contributed by atoms with Gasteiger partial charge in [-0.15, -0.1) is 11.8 Å². The van der Waals surface area contributed by atoms with Crippen molar-refractivity contribution in [2.24, 2.45) is 0 Å². The Morgan fingerprint density at radius 2 is 2.00 bits per heavy atom. The number of hydrogen-bond acceptors (Lipinski definition) is 9. The highest BCUT2D eigenvalue weighted by atomic mass is 32.2. The van der Waals surface area contributed by atoms with Gasteiger partial charge in [0.2, 0.25) is 5.95 Å². The lowest BCUT2D eigenvalue weighted by atomic mass is 9.87. The summed E-state index contributed by atoms with van der Waals surface area (Å²) < 4.78 is 6.04. The van der Waals surface area contributed by atoms with Gasteiger partial charge in [0.25, 0.3) is 0 Å². The topological polar surface area (TPSA) is 89.0 Å². The number of nitrogens with zero attached hydrogens (tertiary/aromatic N) is 3. The molecular weight excluding hydrogens is 394 g/mol. The molecule has 1 aromatic carbocycles. The van der Waals surface area contributed by atoms with Crippen molar-refractivity contribution in [3.63, 3.8) is 0 Å². The van der Waals surface area contributed by atoms with E-state index in [0.29, 0.717) is 30.2 Å². The Balaban J connectivity index is 1.32. The highest BCUT2D eigenvalue weighted by Crippen LogP contribution is 2.31. The van der Waals surface area contributed by atoms with Crippen LogP contribution in [0.1, 0.15) is 30.1 Å². The van der Waals surface area contributed by atoms with Gasteiger partial charge in [-0.25, -0.2) is 19.7 Å². The zero-order chi connectivity index (χ0) is 19.5. The van der Waals surface area contributed by atoms with Gasteiger partial charge in [-0.3, -0.25) is 0 Å². The summed E-state index contributed by atoms with van der Waals surface area (Å²) in [7, 11) is 0. The first kappa shape index (κ1) is 18.9. The van der Waals surface area contributed by atoms with Crippen LogP contribution in [0.2, 0.25) is 0 Å². The van der Waals surface area contributed by atoms with Crippen LogP contribution >= 0.6 is 23.1 Å². The van der Waals surface area contributed by atoms with Crippen LogP contribution in [-0.4, -0.2) is 45.9 Å². The van der Waals surface area contributed by atoms with E-state index in [0.717, 1.165) is 33.1 Å². The van der Waals surface area contributed by atoms with Crippen molar-refractivity contribution in [3.05, 3.63) is 36.2 Å². The largest absolute Gasteiger partial charge is 0.462 e. The van der Waals surface area contributed by atoms with Crippen LogP contribution in [0.4, 0.5) is 11.1 Å². The number of aromatic nitrogens is 3. The number of benzene rings is 1. The fourth-order valence-corrected chi connectivity index (χ4v) is 4.33. The Kier molecular flexibility index (Phi) is 5.63. The highest BCUT2D eigenvalue weighted by molar-refractivity contribution is 7.98. The Morgan fingerprint density at radius 3 is 2.71 bits per heavy atom. The summed E-state index contributed by atoms with van der Waals surface area (Å²) in [6.45, 7) is 2.17. The minimum Gasteiger partial charge on any atom is -0.462 e. The fourth-order valence-electron chi connectivity index (χ4n) is 3.03. The third kappa shape index (κ3) is 4.20. The van der Waals surface area contributed by atoms with E-state index in [1.165, 1.54) is 0 Å². The molecule has 0 bridgehead atoms. The summed E-state index contributed by atoms with van der Waals surface area (Å²) in [6, 6.07) is 6.20. The standard InChI is InChI=1S/C19H21N5O2S2/c1-3-26-17(25)11-4-5-15-16(6-11)28-19(24-15)23-13-7-12(8-13)22-18-20-9-14(27-2)10-21-18/h4-6,9-10,12-13H,3,7-8H2,1-2H3,(H,23,24)(H,20,21,22). The Hall–Kier alpha value is -2.39. The van der Waals surface area contributed by atoms with Gasteiger partial charge in [0.1, 0.15) is 0 Å². The van der Waals surface area contributed by atoms with Gasteiger partial charge < -0.3 is 15.4 Å². The molecule has 0 saturated heterocycles. The Labute approximate surface area is 171 Å². The van der Waals surface area contributed by atoms with Crippen LogP contribution < -0.4 is 10.6 Å². The number of fused-ring (bicyclic) bond motifs is 1. The first-order chi connectivity index (χ1) is 13.6. The van der Waals surface area contributed by atoms with Crippen LogP contribution in [0.5, 0.6) is 0 Å². The van der Waals surface area contributed by atoms with Gasteiger partial charge in [0.05, 0.1) is 22.4 Å². The van der Waals surface area contributed by atoms with Gasteiger partial charge in [0, 0.05) is 29.4 Å². The average molecular weight is 416 g/mol. The number of rotatable bonds is 7. The maximum absolute atomic E-state index is 11.9. The quantitative estimate of drug-likeness (QED) is 0.441. The minimum atomic E-state index is -0.298. The van der Waals surface area contributed by atoms with E-state index in [-0.39, 0.29) is 5.97 Å². The SMILES string of the molecule is CCOC(=O)c1ccc2nc(NC3CC(Nc4ncc(SC)cn4)C3)sc2c1. The summed E-state index contributed by atoms with van der Waals surface area (Å²) in [4.78, 5) is 26.2. The van der Waals surface area contributed by atoms with E-state index in [4.69, 9.17) is 4.74 Å². The van der Waals surface area contributed by atoms with Crippen LogP contribution in [0.25, 0.3) is 10.2 Å². The van der Waals surface area contributed by atoms with E-state index >= 15 is 0 Å². The maximum atomic E-state index is 11.9. The second-order valence-corrected chi connectivity index (χ2v) is 8.43. The molecule has 2 aromatic heterocycles. The second kappa shape index (κ2) is 8.32. The molecule has 2 heterocycles. The molecule has 146 valence electrons. The third-order valence-electron chi connectivity index (χ3n) is 4.56. The molecule has 28 heavy (non-hydrogen) atoms. The molecule has 0 aliphatic heterocycles. The summed E-state index contributed by atoms with van der Waals surface area (Å²) in [5, 5.41) is 7.72. The molecule has 1 aliphatic carbocycles. The number of carbonyl (C=O) groups is 1. The number of nitrogens with one attached hydrogen (secondary N) is 2. The van der Waals surface area contributed by atoms with Gasteiger partial charge in [-0.1, -0.05) is 11.3 Å². The van der Waals surface area contributed by atoms with Gasteiger partial charge in [0.15, 0.2) is 5.13 Å². The van der Waals surface area contributed by atoms with Crippen molar-refractivity contribution in [3.8, 4) is 0 Å². The number of esters is 1. The molecule has 0 amide bonds. The molecule has 0 radical (unpaired) electrons. The molecule has 2 N–H and O–H groups in total. The molecule has 9 heteroatoms. The second-order valence-electron chi connectivity index (χ2n) is 6.52. The molecule has 0 spiro atoms. The molecule has 1 aliphatic rings. The maximum Gasteiger partial charge on any atom is 0.338 e. The first-order valence-electron chi connectivity index (χ1n) is 9.11. The predicted octanol–water partition coefficient (Wildman–Crippen LogP) is 4.04. The number of thiazole rings is 1. The van der Waals surface area contributed by atoms with E-state index in [9.17, 15) is 4.79 Å². The number of ether oxygens (including phenoxy) is 1. The zero-order valence-corrected chi connectivity index (χ0v) is 17.3. The molecule has 7 nitrogen and oxygen atoms in total. The summed E-state index contributed by atoms with van der Waals surface area (Å²) in [5.74, 6) is 0.376. The van der Waals surface area contributed by atoms with Gasteiger partial charge in [-0.2, -0.15) is 0 Å². The van der Waals surface area contributed by atoms with Crippen molar-refractivity contribution >= 4 is 50.4 Å². The lowest BCUT2D eigenvalue weighted by Gasteiger charge is -2.36. The average Bonchev–Trinajstić information content (AvgIpc) is 3.08. The number of hydrogen-bond donors (Lipinski definition) is 2. The fraction of sp³-hybridized carbons (Fsp3) is 0.368. The van der Waals surface area contributed by atoms with Crippen LogP contribution in [0.15, 0.2) is 35.5 Å². The van der Waals surface area contributed by atoms with Gasteiger partial charge in [-0.05, 0) is 44.2 Å². The molecular formula is C19H21N5O2S2. The normalized spacial score (nSPS) is 18.5. The van der Waals surface area contributed by atoms with Crippen LogP contribution in [-0.2, 0) is 4.74 Å². The van der Waals surface area contributed by atoms with E-state index in [1.54, 1.807) is 36.1 Å². The lowest BCUT2D eigenvalue weighted by Crippen LogP contribution is -2.43. The Bertz CT molecular complexity index is 970. The van der Waals surface area contributed by atoms with E-state index in [2.05, 4.69) is 25.6 Å². The summed E-state index contributed by atoms with van der Waals surface area (Å²) in [6.07, 6.45) is 7.64. The summed E-state index contributed by atoms with van der Waals surface area (Å²) >= 11 is 3.19. The smallest absolute Gasteiger partial charge is 0.338 e. The molecule has 1 fully saturated rings. The van der Waals surface area contributed by atoms with E-state index < -0.39 is 0 Å². The zero-order valence-electron chi connectivity index (χ0n) is 15.6. The predicted molar refractivity (Wildman–Crippen MR) is 113 cm³/mol. The molecule has 1 saturated carbocycles. The molecule has 4 rings (SSSR count). The van der Waals surface area contributed by atoms with Crippen molar-refractivity contribution in [1.29, 1.82) is 0 Å². The Morgan fingerprint density at radius 1 is 1.25 bits per heavy atom. The number of anilines is 2. The first-order valence-corrected chi connectivity index (χ1v) is 11.2. The van der Waals surface area contributed by atoms with Crippen LogP contribution in [0, 0.1) is 0 Å².